The number of para-hydroxylation sites is 1. The van der Waals surface area contributed by atoms with Crippen molar-refractivity contribution in [1.29, 1.82) is 0 Å². The van der Waals surface area contributed by atoms with Crippen LogP contribution in [0.5, 0.6) is 5.75 Å². The van der Waals surface area contributed by atoms with Crippen molar-refractivity contribution in [2.45, 2.75) is 140 Å². The van der Waals surface area contributed by atoms with Gasteiger partial charge in [-0.1, -0.05) is 19.3 Å². The minimum absolute atomic E-state index is 0.0465. The van der Waals surface area contributed by atoms with E-state index in [2.05, 4.69) is 18.6 Å². The zero-order chi connectivity index (χ0) is 24.3. The van der Waals surface area contributed by atoms with Crippen molar-refractivity contribution in [1.82, 2.24) is 0 Å². The molecule has 0 amide bonds. The van der Waals surface area contributed by atoms with Crippen LogP contribution in [0.15, 0.2) is 24.3 Å². The molecular weight excluding hydrogens is 567 g/mol. The molecule has 1 nitrogen and oxygen atoms in total. The molecule has 1 N–H and O–H groups in total. The molecule has 3 fully saturated rings. The van der Waals surface area contributed by atoms with Gasteiger partial charge in [0.1, 0.15) is 0 Å². The van der Waals surface area contributed by atoms with Crippen molar-refractivity contribution in [2.24, 2.45) is 0 Å². The first-order valence-corrected chi connectivity index (χ1v) is 21.1. The fourth-order valence-electron chi connectivity index (χ4n) is 6.53. The van der Waals surface area contributed by atoms with Crippen molar-refractivity contribution in [3.05, 3.63) is 29.8 Å². The molecule has 0 aliphatic heterocycles. The Bertz CT molecular complexity index is 703. The van der Waals surface area contributed by atoms with Crippen LogP contribution < -0.4 is 0 Å². The second kappa shape index (κ2) is 15.7. The molecular formula is C29H49Cl2OPRu+2. The van der Waals surface area contributed by atoms with E-state index in [1.165, 1.54) is 17.0 Å². The predicted molar refractivity (Wildman–Crippen MR) is 154 cm³/mol. The quantitative estimate of drug-likeness (QED) is 0.171. The zero-order valence-corrected chi connectivity index (χ0v) is 26.0. The van der Waals surface area contributed by atoms with Crippen molar-refractivity contribution in [3.8, 4) is 5.75 Å². The van der Waals surface area contributed by atoms with Gasteiger partial charge in [-0.05, 0) is 77.0 Å². The monoisotopic (exact) mass is 616 g/mol. The van der Waals surface area contributed by atoms with Crippen molar-refractivity contribution < 1.29 is 18.3 Å². The molecule has 0 aromatic heterocycles. The second-order valence-corrected chi connectivity index (χ2v) is 20.6. The Hall–Kier alpha value is 0.523. The molecule has 0 atom stereocenters. The summed E-state index contributed by atoms with van der Waals surface area (Å²) in [5.41, 5.74) is 4.77. The predicted octanol–water partition coefficient (Wildman–Crippen LogP) is 10.0. The topological polar surface area (TPSA) is 12.8 Å². The number of aliphatic hydroxyl groups is 1. The van der Waals surface area contributed by atoms with Gasteiger partial charge < -0.3 is 0 Å². The molecule has 3 aliphatic carbocycles. The molecule has 5 heteroatoms. The van der Waals surface area contributed by atoms with Crippen LogP contribution in [-0.2, 0) is 13.5 Å². The Morgan fingerprint density at radius 1 is 0.765 bits per heavy atom. The Kier molecular flexibility index (Phi) is 13.4. The van der Waals surface area contributed by atoms with E-state index in [1.54, 1.807) is 96.3 Å². The van der Waals surface area contributed by atoms with E-state index in [1.807, 2.05) is 31.2 Å². The van der Waals surface area contributed by atoms with Crippen LogP contribution >= 0.6 is 27.3 Å². The first-order valence-electron chi connectivity index (χ1n) is 14.0. The van der Waals surface area contributed by atoms with Crippen LogP contribution in [0.4, 0.5) is 0 Å². The van der Waals surface area contributed by atoms with Gasteiger partial charge in [0, 0.05) is 7.92 Å². The maximum absolute atomic E-state index is 6.00. The van der Waals surface area contributed by atoms with E-state index in [4.69, 9.17) is 19.4 Å². The van der Waals surface area contributed by atoms with Gasteiger partial charge in [-0.3, -0.25) is 0 Å². The minimum atomic E-state index is -1.80. The van der Waals surface area contributed by atoms with Gasteiger partial charge in [0.2, 0.25) is 0 Å². The number of benzene rings is 1. The van der Waals surface area contributed by atoms with Crippen LogP contribution in [0.25, 0.3) is 0 Å². The third-order valence-electron chi connectivity index (χ3n) is 8.10. The fraction of sp³-hybridized carbons (Fsp3) is 0.759. The Labute approximate surface area is 224 Å². The SMILES string of the molecule is C1CCC([PH+](C2CCCCC2)C2CCCCC2)CC1.C[C](c1ccccc1[OH+]C(C)C)=[Ru]([Cl])[Cl]. The Morgan fingerprint density at radius 3 is 1.56 bits per heavy atom. The van der Waals surface area contributed by atoms with Crippen LogP contribution in [0.3, 0.4) is 0 Å². The molecule has 0 unspecified atom stereocenters. The number of halogens is 2. The van der Waals surface area contributed by atoms with Crippen LogP contribution in [0.2, 0.25) is 0 Å². The summed E-state index contributed by atoms with van der Waals surface area (Å²) in [4.78, 5) is 0. The first kappa shape index (κ1) is 29.1. The summed E-state index contributed by atoms with van der Waals surface area (Å²) in [6, 6.07) is 8.01. The zero-order valence-electron chi connectivity index (χ0n) is 21.8. The first-order chi connectivity index (χ1) is 16.5. The number of hydrogen-bond acceptors (Lipinski definition) is 0. The van der Waals surface area contributed by atoms with E-state index in [9.17, 15) is 0 Å². The average Bonchev–Trinajstić information content (AvgIpc) is 2.86. The molecule has 3 saturated carbocycles. The normalized spacial score (nSPS) is 21.2. The molecule has 196 valence electrons. The fourth-order valence-corrected chi connectivity index (χ4v) is 13.3. The van der Waals surface area contributed by atoms with Crippen molar-refractivity contribution in [2.75, 3.05) is 0 Å². The van der Waals surface area contributed by atoms with Crippen LogP contribution in [0, 0.1) is 0 Å². The molecule has 0 heterocycles. The van der Waals surface area contributed by atoms with E-state index in [-0.39, 0.29) is 14.0 Å². The number of rotatable bonds is 6. The molecule has 34 heavy (non-hydrogen) atoms. The van der Waals surface area contributed by atoms with E-state index >= 15 is 0 Å². The second-order valence-electron chi connectivity index (χ2n) is 10.9. The summed E-state index contributed by atoms with van der Waals surface area (Å²) >= 11 is -1.80. The molecule has 0 saturated heterocycles. The Morgan fingerprint density at radius 2 is 1.18 bits per heavy atom. The van der Waals surface area contributed by atoms with Crippen LogP contribution in [-0.4, -0.2) is 31.9 Å². The van der Waals surface area contributed by atoms with Gasteiger partial charge in [0.15, 0.2) is 0 Å². The molecule has 1 aromatic rings. The van der Waals surface area contributed by atoms with Gasteiger partial charge in [-0.2, -0.15) is 0 Å². The standard InChI is InChI=1S/C18H33P.C11H14O.2ClH.Ru/c1-4-10-16(11-5-1)19(17-12-6-2-7-13-17)18-14-8-3-9-15-18;1-4-10-7-5-6-8-11(10)12-9(2)3;;;/h16-18H,1-15H2;5-9H,1-3H3;2*1H;/q;;;;+2. The number of hydrogen-bond donors (Lipinski definition) is 0. The summed E-state index contributed by atoms with van der Waals surface area (Å²) in [6.07, 6.45) is 24.1. The third kappa shape index (κ3) is 9.12. The average molecular weight is 617 g/mol. The molecule has 4 rings (SSSR count). The molecule has 3 aliphatic rings. The van der Waals surface area contributed by atoms with Gasteiger partial charge >= 0.3 is 104 Å². The van der Waals surface area contributed by atoms with Gasteiger partial charge in [-0.25, -0.2) is 0 Å². The number of ether oxygens (including phenoxy) is 1. The van der Waals surface area contributed by atoms with E-state index in [0.29, 0.717) is 0 Å². The van der Waals surface area contributed by atoms with Gasteiger partial charge in [0.25, 0.3) is 0 Å². The third-order valence-corrected chi connectivity index (χ3v) is 16.5. The summed E-state index contributed by atoms with van der Waals surface area (Å²) in [5.74, 6) is 0.991. The number of aromatic hydroxyl groups is 1. The van der Waals surface area contributed by atoms with Crippen LogP contribution in [0.1, 0.15) is 123 Å². The molecule has 0 radical (unpaired) electrons. The summed E-state index contributed by atoms with van der Waals surface area (Å²) in [5, 5.41) is 0. The summed E-state index contributed by atoms with van der Waals surface area (Å²) in [6.45, 7) is 6.11. The Balaban J connectivity index is 0.000000197. The van der Waals surface area contributed by atoms with Gasteiger partial charge in [0.05, 0.1) is 17.0 Å². The van der Waals surface area contributed by atoms with E-state index in [0.717, 1.165) is 15.4 Å². The summed E-state index contributed by atoms with van der Waals surface area (Å²) in [7, 11) is 12.0. The van der Waals surface area contributed by atoms with E-state index < -0.39 is 13.5 Å². The van der Waals surface area contributed by atoms with Gasteiger partial charge in [-0.15, -0.1) is 0 Å². The molecule has 0 spiro atoms. The maximum atomic E-state index is 6.00. The van der Waals surface area contributed by atoms with Crippen molar-refractivity contribution >= 4 is 31.4 Å². The summed E-state index contributed by atoms with van der Waals surface area (Å²) < 4.78 is 5.63. The van der Waals surface area contributed by atoms with Crippen molar-refractivity contribution in [3.63, 3.8) is 0 Å². The molecule has 1 aromatic carbocycles. The molecule has 0 bridgehead atoms.